The second-order valence-corrected chi connectivity index (χ2v) is 4.81. The minimum absolute atomic E-state index is 0.140. The van der Waals surface area contributed by atoms with E-state index in [0.29, 0.717) is 0 Å². The lowest BCUT2D eigenvalue weighted by atomic mass is 10.2. The lowest BCUT2D eigenvalue weighted by Crippen LogP contribution is -2.24. The molecule has 2 heterocycles. The predicted molar refractivity (Wildman–Crippen MR) is 68.0 cm³/mol. The van der Waals surface area contributed by atoms with Crippen LogP contribution in [0.3, 0.4) is 0 Å². The van der Waals surface area contributed by atoms with Gasteiger partial charge in [-0.3, -0.25) is 0 Å². The van der Waals surface area contributed by atoms with Crippen LogP contribution >= 0.6 is 11.5 Å². The number of nitrogens with zero attached hydrogens (tertiary/aromatic N) is 4. The minimum atomic E-state index is 0.140. The third-order valence-electron chi connectivity index (χ3n) is 2.81. The Kier molecular flexibility index (Phi) is 3.86. The van der Waals surface area contributed by atoms with Crippen LogP contribution in [0, 0.1) is 6.92 Å². The van der Waals surface area contributed by atoms with E-state index in [2.05, 4.69) is 31.4 Å². The Bertz CT molecular complexity index is 462. The molecule has 92 valence electrons. The first-order valence-electron chi connectivity index (χ1n) is 5.73. The number of aryl methyl sites for hydroxylation is 1. The highest BCUT2D eigenvalue weighted by Gasteiger charge is 2.19. The van der Waals surface area contributed by atoms with Gasteiger partial charge in [-0.05, 0) is 31.4 Å². The van der Waals surface area contributed by atoms with Crippen molar-refractivity contribution in [2.45, 2.75) is 26.3 Å². The molecule has 1 unspecified atom stereocenters. The predicted octanol–water partition coefficient (Wildman–Crippen LogP) is 1.67. The van der Waals surface area contributed by atoms with Gasteiger partial charge in [0.15, 0.2) is 0 Å². The molecule has 0 aliphatic rings. The summed E-state index contributed by atoms with van der Waals surface area (Å²) in [6.45, 7) is 5.13. The molecule has 0 bridgehead atoms. The molecular formula is C11H17N5S. The Morgan fingerprint density at radius 3 is 2.82 bits per heavy atom. The van der Waals surface area contributed by atoms with Crippen molar-refractivity contribution >= 4 is 11.5 Å². The van der Waals surface area contributed by atoms with Gasteiger partial charge in [-0.15, -0.1) is 5.10 Å². The van der Waals surface area contributed by atoms with Gasteiger partial charge >= 0.3 is 0 Å². The summed E-state index contributed by atoms with van der Waals surface area (Å²) in [4.78, 5) is 5.47. The van der Waals surface area contributed by atoms with Gasteiger partial charge in [0, 0.05) is 7.05 Å². The Morgan fingerprint density at radius 2 is 2.29 bits per heavy atom. The molecule has 0 fully saturated rings. The average molecular weight is 251 g/mol. The molecule has 2 rings (SSSR count). The highest BCUT2D eigenvalue weighted by molar-refractivity contribution is 7.05. The summed E-state index contributed by atoms with van der Waals surface area (Å²) in [5.41, 5.74) is 1.15. The van der Waals surface area contributed by atoms with Crippen LogP contribution in [0.1, 0.15) is 35.8 Å². The zero-order valence-electron chi connectivity index (χ0n) is 10.3. The summed E-state index contributed by atoms with van der Waals surface area (Å²) >= 11 is 1.43. The van der Waals surface area contributed by atoms with Gasteiger partial charge in [-0.2, -0.15) is 0 Å². The maximum absolute atomic E-state index is 4.34. The van der Waals surface area contributed by atoms with Gasteiger partial charge in [0.1, 0.15) is 5.82 Å². The lowest BCUT2D eigenvalue weighted by molar-refractivity contribution is 0.573. The molecule has 0 saturated heterocycles. The molecule has 0 aliphatic carbocycles. The van der Waals surface area contributed by atoms with Gasteiger partial charge in [0.25, 0.3) is 0 Å². The molecule has 2 aromatic heterocycles. The van der Waals surface area contributed by atoms with Crippen molar-refractivity contribution < 1.29 is 0 Å². The topological polar surface area (TPSA) is 55.6 Å². The van der Waals surface area contributed by atoms with E-state index in [-0.39, 0.29) is 6.04 Å². The van der Waals surface area contributed by atoms with Crippen LogP contribution < -0.4 is 5.32 Å². The Morgan fingerprint density at radius 1 is 1.47 bits per heavy atom. The molecular weight excluding hydrogens is 234 g/mol. The van der Waals surface area contributed by atoms with Crippen molar-refractivity contribution in [3.8, 4) is 0 Å². The molecule has 0 aromatic carbocycles. The van der Waals surface area contributed by atoms with Crippen molar-refractivity contribution in [1.29, 1.82) is 0 Å². The number of imidazole rings is 1. The minimum Gasteiger partial charge on any atom is -0.334 e. The molecule has 0 saturated carbocycles. The largest absolute Gasteiger partial charge is 0.334 e. The zero-order valence-corrected chi connectivity index (χ0v) is 11.2. The number of hydrogen-bond donors (Lipinski definition) is 1. The second-order valence-electron chi connectivity index (χ2n) is 4.00. The molecule has 5 nitrogen and oxygen atoms in total. The molecule has 17 heavy (non-hydrogen) atoms. The van der Waals surface area contributed by atoms with Crippen LogP contribution in [-0.4, -0.2) is 25.7 Å². The molecule has 2 aromatic rings. The second kappa shape index (κ2) is 5.37. The fourth-order valence-corrected chi connectivity index (χ4v) is 2.32. The Hall–Kier alpha value is -1.27. The first-order valence-corrected chi connectivity index (χ1v) is 6.50. The molecule has 0 spiro atoms. The van der Waals surface area contributed by atoms with Crippen LogP contribution in [0.2, 0.25) is 0 Å². The number of rotatable bonds is 5. The van der Waals surface area contributed by atoms with Crippen LogP contribution in [-0.2, 0) is 7.05 Å². The summed E-state index contributed by atoms with van der Waals surface area (Å²) < 4.78 is 6.04. The molecule has 1 atom stereocenters. The van der Waals surface area contributed by atoms with E-state index in [0.717, 1.165) is 29.4 Å². The highest BCUT2D eigenvalue weighted by Crippen LogP contribution is 2.23. The molecule has 0 amide bonds. The van der Waals surface area contributed by atoms with E-state index >= 15 is 0 Å². The van der Waals surface area contributed by atoms with Gasteiger partial charge in [-0.1, -0.05) is 11.4 Å². The SMILES string of the molecule is CCCNC(c1cnns1)c1cnc(C)n1C. The zero-order chi connectivity index (χ0) is 12.3. The van der Waals surface area contributed by atoms with Gasteiger partial charge in [0.2, 0.25) is 0 Å². The maximum Gasteiger partial charge on any atom is 0.105 e. The Labute approximate surface area is 105 Å². The monoisotopic (exact) mass is 251 g/mol. The van der Waals surface area contributed by atoms with Crippen molar-refractivity contribution in [3.63, 3.8) is 0 Å². The van der Waals surface area contributed by atoms with Gasteiger partial charge in [-0.25, -0.2) is 4.98 Å². The lowest BCUT2D eigenvalue weighted by Gasteiger charge is -2.17. The van der Waals surface area contributed by atoms with Crippen LogP contribution in [0.5, 0.6) is 0 Å². The standard InChI is InChI=1S/C11H17N5S/c1-4-5-12-11(10-7-14-15-17-10)9-6-13-8(2)16(9)3/h6-7,11-12H,4-5H2,1-3H3. The Balaban J connectivity index is 2.30. The van der Waals surface area contributed by atoms with E-state index in [1.54, 1.807) is 0 Å². The summed E-state index contributed by atoms with van der Waals surface area (Å²) in [6, 6.07) is 0.140. The number of hydrogen-bond acceptors (Lipinski definition) is 5. The van der Waals surface area contributed by atoms with Crippen LogP contribution in [0.15, 0.2) is 12.4 Å². The average Bonchev–Trinajstić information content (AvgIpc) is 2.94. The molecule has 0 radical (unpaired) electrons. The maximum atomic E-state index is 4.34. The molecule has 6 heteroatoms. The van der Waals surface area contributed by atoms with Gasteiger partial charge in [0.05, 0.1) is 29.0 Å². The van der Waals surface area contributed by atoms with Crippen molar-refractivity contribution in [1.82, 2.24) is 24.5 Å². The van der Waals surface area contributed by atoms with Crippen LogP contribution in [0.4, 0.5) is 0 Å². The summed E-state index contributed by atoms with van der Waals surface area (Å²) in [6.07, 6.45) is 4.84. The summed E-state index contributed by atoms with van der Waals surface area (Å²) in [5.74, 6) is 1.01. The smallest absolute Gasteiger partial charge is 0.105 e. The fraction of sp³-hybridized carbons (Fsp3) is 0.545. The number of aromatic nitrogens is 4. The van der Waals surface area contributed by atoms with E-state index < -0.39 is 0 Å². The van der Waals surface area contributed by atoms with E-state index in [1.165, 1.54) is 11.5 Å². The van der Waals surface area contributed by atoms with E-state index in [1.807, 2.05) is 26.4 Å². The van der Waals surface area contributed by atoms with Crippen molar-refractivity contribution in [2.24, 2.45) is 7.05 Å². The van der Waals surface area contributed by atoms with Crippen LogP contribution in [0.25, 0.3) is 0 Å². The van der Waals surface area contributed by atoms with E-state index in [4.69, 9.17) is 0 Å². The fourth-order valence-electron chi connectivity index (χ4n) is 1.73. The number of nitrogens with one attached hydrogen (secondary N) is 1. The molecule has 1 N–H and O–H groups in total. The van der Waals surface area contributed by atoms with Crippen molar-refractivity contribution in [3.05, 3.63) is 28.8 Å². The third kappa shape index (κ3) is 2.53. The van der Waals surface area contributed by atoms with Crippen molar-refractivity contribution in [2.75, 3.05) is 6.54 Å². The first kappa shape index (κ1) is 12.2. The summed E-state index contributed by atoms with van der Waals surface area (Å²) in [5, 5.41) is 7.42. The normalized spacial score (nSPS) is 12.9. The quantitative estimate of drug-likeness (QED) is 0.878. The highest BCUT2D eigenvalue weighted by atomic mass is 32.1. The third-order valence-corrected chi connectivity index (χ3v) is 3.54. The van der Waals surface area contributed by atoms with E-state index in [9.17, 15) is 0 Å². The summed E-state index contributed by atoms with van der Waals surface area (Å²) in [7, 11) is 2.03. The molecule has 0 aliphatic heterocycles. The first-order chi connectivity index (χ1) is 8.24. The van der Waals surface area contributed by atoms with Gasteiger partial charge < -0.3 is 9.88 Å².